The molecule has 1 rings (SSSR count). The van der Waals surface area contributed by atoms with E-state index < -0.39 is 32.3 Å². The molecule has 0 aromatic heterocycles. The van der Waals surface area contributed by atoms with Crippen molar-refractivity contribution >= 4 is 27.6 Å². The molecule has 0 heterocycles. The maximum atomic E-state index is 13.8. The van der Waals surface area contributed by atoms with E-state index >= 15 is 0 Å². The molecule has 0 atom stereocenters. The van der Waals surface area contributed by atoms with Gasteiger partial charge < -0.3 is 5.11 Å². The lowest BCUT2D eigenvalue weighted by atomic mass is 10.2. The highest BCUT2D eigenvalue weighted by Gasteiger charge is 2.28. The van der Waals surface area contributed by atoms with E-state index in [2.05, 4.69) is 4.84 Å². The van der Waals surface area contributed by atoms with E-state index in [4.69, 9.17) is 16.7 Å². The third kappa shape index (κ3) is 2.61. The Morgan fingerprint density at radius 1 is 1.50 bits per heavy atom. The van der Waals surface area contributed by atoms with Crippen LogP contribution in [0.4, 0.5) is 4.39 Å². The normalized spacial score (nSPS) is 11.8. The van der Waals surface area contributed by atoms with Crippen molar-refractivity contribution in [2.75, 3.05) is 14.2 Å². The number of aromatic carboxylic acids is 1. The number of carbonyl (C=O) groups is 1. The summed E-state index contributed by atoms with van der Waals surface area (Å²) in [6, 6.07) is 1.64. The van der Waals surface area contributed by atoms with Crippen LogP contribution in [-0.4, -0.2) is 38.1 Å². The lowest BCUT2D eigenvalue weighted by molar-refractivity contribution is -0.0260. The number of benzene rings is 1. The molecule has 1 aromatic carbocycles. The van der Waals surface area contributed by atoms with E-state index in [1.165, 1.54) is 0 Å². The Labute approximate surface area is 108 Å². The minimum atomic E-state index is -4.31. The average Bonchev–Trinajstić information content (AvgIpc) is 2.29. The SMILES string of the molecule is CON(C)S(=O)(=O)c1cc(Cl)cc(C(=O)O)c1F. The van der Waals surface area contributed by atoms with Crippen LogP contribution in [0.5, 0.6) is 0 Å². The van der Waals surface area contributed by atoms with Gasteiger partial charge in [-0.1, -0.05) is 16.1 Å². The lowest BCUT2D eigenvalue weighted by Gasteiger charge is -2.15. The zero-order chi connectivity index (χ0) is 14.1. The first kappa shape index (κ1) is 14.8. The van der Waals surface area contributed by atoms with Crippen molar-refractivity contribution in [3.8, 4) is 0 Å². The lowest BCUT2D eigenvalue weighted by Crippen LogP contribution is -2.27. The van der Waals surface area contributed by atoms with Crippen LogP contribution < -0.4 is 0 Å². The Kier molecular flexibility index (Phi) is 4.28. The van der Waals surface area contributed by atoms with Gasteiger partial charge in [0.25, 0.3) is 10.0 Å². The summed E-state index contributed by atoms with van der Waals surface area (Å²) < 4.78 is 37.8. The van der Waals surface area contributed by atoms with E-state index in [0.29, 0.717) is 4.47 Å². The quantitative estimate of drug-likeness (QED) is 0.848. The highest BCUT2D eigenvalue weighted by atomic mass is 35.5. The molecule has 9 heteroatoms. The van der Waals surface area contributed by atoms with Gasteiger partial charge in [0.15, 0.2) is 5.82 Å². The van der Waals surface area contributed by atoms with E-state index in [-0.39, 0.29) is 5.02 Å². The number of hydrogen-bond donors (Lipinski definition) is 1. The Hall–Kier alpha value is -1.22. The summed E-state index contributed by atoms with van der Waals surface area (Å²) in [4.78, 5) is 14.3. The van der Waals surface area contributed by atoms with Crippen LogP contribution in [0.15, 0.2) is 17.0 Å². The van der Waals surface area contributed by atoms with Gasteiger partial charge in [0.1, 0.15) is 4.90 Å². The number of hydrogen-bond acceptors (Lipinski definition) is 4. The second-order valence-electron chi connectivity index (χ2n) is 3.17. The molecule has 0 aliphatic carbocycles. The van der Waals surface area contributed by atoms with Gasteiger partial charge in [-0.2, -0.15) is 0 Å². The van der Waals surface area contributed by atoms with Gasteiger partial charge in [-0.25, -0.2) is 17.6 Å². The monoisotopic (exact) mass is 297 g/mol. The molecule has 0 aliphatic rings. The van der Waals surface area contributed by atoms with Gasteiger partial charge in [0.2, 0.25) is 0 Å². The summed E-state index contributed by atoms with van der Waals surface area (Å²) >= 11 is 5.57. The molecule has 1 N–H and O–H groups in total. The van der Waals surface area contributed by atoms with Crippen LogP contribution in [0.2, 0.25) is 5.02 Å². The molecule has 0 radical (unpaired) electrons. The first-order chi connectivity index (χ1) is 8.21. The van der Waals surface area contributed by atoms with Crippen molar-refractivity contribution in [1.82, 2.24) is 4.47 Å². The predicted octanol–water partition coefficient (Wildman–Crippen LogP) is 1.36. The highest BCUT2D eigenvalue weighted by Crippen LogP contribution is 2.25. The Bertz CT molecular complexity index is 589. The zero-order valence-corrected chi connectivity index (χ0v) is 10.9. The highest BCUT2D eigenvalue weighted by molar-refractivity contribution is 7.89. The molecule has 0 saturated heterocycles. The van der Waals surface area contributed by atoms with Crippen LogP contribution in [0, 0.1) is 5.82 Å². The fourth-order valence-electron chi connectivity index (χ4n) is 1.14. The van der Waals surface area contributed by atoms with Crippen molar-refractivity contribution in [2.24, 2.45) is 0 Å². The molecule has 100 valence electrons. The summed E-state index contributed by atoms with van der Waals surface area (Å²) in [5, 5.41) is 8.53. The summed E-state index contributed by atoms with van der Waals surface area (Å²) in [6.45, 7) is 0. The number of nitrogens with zero attached hydrogens (tertiary/aromatic N) is 1. The number of halogens is 2. The maximum absolute atomic E-state index is 13.8. The van der Waals surface area contributed by atoms with Crippen molar-refractivity contribution in [3.05, 3.63) is 28.5 Å². The molecular weight excluding hydrogens is 289 g/mol. The van der Waals surface area contributed by atoms with E-state index in [9.17, 15) is 17.6 Å². The fourth-order valence-corrected chi connectivity index (χ4v) is 2.51. The van der Waals surface area contributed by atoms with Crippen LogP contribution in [0.1, 0.15) is 10.4 Å². The van der Waals surface area contributed by atoms with Gasteiger partial charge in [0.05, 0.1) is 12.7 Å². The van der Waals surface area contributed by atoms with Crippen LogP contribution in [-0.2, 0) is 14.9 Å². The smallest absolute Gasteiger partial charge is 0.338 e. The summed E-state index contributed by atoms with van der Waals surface area (Å²) in [6.07, 6.45) is 0. The van der Waals surface area contributed by atoms with Crippen molar-refractivity contribution < 1.29 is 27.5 Å². The summed E-state index contributed by atoms with van der Waals surface area (Å²) in [5.74, 6) is -3.01. The Morgan fingerprint density at radius 2 is 2.06 bits per heavy atom. The maximum Gasteiger partial charge on any atom is 0.338 e. The standard InChI is InChI=1S/C9H9ClFNO5S/c1-12(17-2)18(15,16)7-4-5(10)3-6(8(7)11)9(13)14/h3-4H,1-2H3,(H,13,14). The third-order valence-corrected chi connectivity index (χ3v) is 4.01. The molecule has 0 aliphatic heterocycles. The molecule has 0 bridgehead atoms. The summed E-state index contributed by atoms with van der Waals surface area (Å²) in [7, 11) is -2.20. The van der Waals surface area contributed by atoms with Crippen LogP contribution >= 0.6 is 11.6 Å². The molecule has 6 nitrogen and oxygen atoms in total. The van der Waals surface area contributed by atoms with E-state index in [0.717, 1.165) is 26.3 Å². The van der Waals surface area contributed by atoms with E-state index in [1.54, 1.807) is 0 Å². The van der Waals surface area contributed by atoms with Crippen LogP contribution in [0.25, 0.3) is 0 Å². The number of hydroxylamine groups is 1. The average molecular weight is 298 g/mol. The van der Waals surface area contributed by atoms with E-state index in [1.807, 2.05) is 0 Å². The molecule has 18 heavy (non-hydrogen) atoms. The first-order valence-electron chi connectivity index (χ1n) is 4.47. The number of rotatable bonds is 4. The number of carboxylic acids is 1. The zero-order valence-electron chi connectivity index (χ0n) is 9.35. The van der Waals surface area contributed by atoms with Gasteiger partial charge in [-0.15, -0.1) is 0 Å². The van der Waals surface area contributed by atoms with Crippen molar-refractivity contribution in [1.29, 1.82) is 0 Å². The molecule has 0 saturated carbocycles. The summed E-state index contributed by atoms with van der Waals surface area (Å²) in [5.41, 5.74) is -0.828. The second kappa shape index (κ2) is 5.19. The topological polar surface area (TPSA) is 83.9 Å². The molecule has 0 amide bonds. The molecule has 0 unspecified atom stereocenters. The second-order valence-corrected chi connectivity index (χ2v) is 5.51. The van der Waals surface area contributed by atoms with Crippen molar-refractivity contribution in [3.63, 3.8) is 0 Å². The molecule has 0 fully saturated rings. The minimum Gasteiger partial charge on any atom is -0.478 e. The van der Waals surface area contributed by atoms with Gasteiger partial charge in [-0.05, 0) is 12.1 Å². The Morgan fingerprint density at radius 3 is 2.50 bits per heavy atom. The number of carboxylic acid groups (broad SMARTS) is 1. The van der Waals surface area contributed by atoms with Gasteiger partial charge in [-0.3, -0.25) is 4.84 Å². The largest absolute Gasteiger partial charge is 0.478 e. The third-order valence-electron chi connectivity index (χ3n) is 2.11. The Balaban J connectivity index is 3.57. The van der Waals surface area contributed by atoms with Gasteiger partial charge in [0, 0.05) is 12.1 Å². The molecule has 0 spiro atoms. The minimum absolute atomic E-state index is 0.211. The van der Waals surface area contributed by atoms with Crippen molar-refractivity contribution in [2.45, 2.75) is 4.90 Å². The first-order valence-corrected chi connectivity index (χ1v) is 6.29. The van der Waals surface area contributed by atoms with Gasteiger partial charge >= 0.3 is 5.97 Å². The molecule has 1 aromatic rings. The predicted molar refractivity (Wildman–Crippen MR) is 60.3 cm³/mol. The number of sulfonamides is 1. The fraction of sp³-hybridized carbons (Fsp3) is 0.222. The van der Waals surface area contributed by atoms with Crippen LogP contribution in [0.3, 0.4) is 0 Å². The molecular formula is C9H9ClFNO5S.